The second kappa shape index (κ2) is 8.87. The van der Waals surface area contributed by atoms with Gasteiger partial charge in [0.15, 0.2) is 0 Å². The van der Waals surface area contributed by atoms with E-state index in [9.17, 15) is 9.59 Å². The first-order chi connectivity index (χ1) is 11.9. The maximum absolute atomic E-state index is 12.7. The quantitative estimate of drug-likeness (QED) is 0.705. The van der Waals surface area contributed by atoms with Crippen LogP contribution in [-0.4, -0.2) is 26.1 Å². The van der Waals surface area contributed by atoms with Crippen LogP contribution in [0.1, 0.15) is 28.4 Å². The van der Waals surface area contributed by atoms with E-state index < -0.39 is 12.0 Å². The zero-order chi connectivity index (χ0) is 18.4. The van der Waals surface area contributed by atoms with Crippen molar-refractivity contribution in [1.29, 1.82) is 0 Å². The molecule has 0 fully saturated rings. The van der Waals surface area contributed by atoms with Gasteiger partial charge in [-0.2, -0.15) is 0 Å². The molecule has 0 bridgehead atoms. The number of nitrogens with one attached hydrogen (secondary N) is 1. The summed E-state index contributed by atoms with van der Waals surface area (Å²) < 4.78 is 10.5. The molecule has 0 aliphatic heterocycles. The minimum Gasteiger partial charge on any atom is -0.497 e. The zero-order valence-corrected chi connectivity index (χ0v) is 16.1. The monoisotopic (exact) mass is 425 g/mol. The average molecular weight is 427 g/mol. The Kier molecular flexibility index (Phi) is 6.84. The van der Waals surface area contributed by atoms with Crippen LogP contribution in [0.5, 0.6) is 5.75 Å². The Balaban J connectivity index is 2.27. The summed E-state index contributed by atoms with van der Waals surface area (Å²) in [5.74, 6) is -0.205. The minimum absolute atomic E-state index is 0.00542. The van der Waals surface area contributed by atoms with Gasteiger partial charge in [-0.15, -0.1) is 0 Å². The molecule has 1 N–H and O–H groups in total. The van der Waals surface area contributed by atoms with Crippen LogP contribution in [0.15, 0.2) is 46.9 Å². The van der Waals surface area contributed by atoms with Crippen molar-refractivity contribution >= 4 is 39.4 Å². The summed E-state index contributed by atoms with van der Waals surface area (Å²) in [5, 5.41) is 3.43. The van der Waals surface area contributed by atoms with Crippen molar-refractivity contribution in [1.82, 2.24) is 5.32 Å². The smallest absolute Gasteiger partial charge is 0.307 e. The van der Waals surface area contributed by atoms with Gasteiger partial charge in [0.1, 0.15) is 5.75 Å². The predicted octanol–water partition coefficient (Wildman–Crippen LogP) is 4.15. The van der Waals surface area contributed by atoms with Crippen molar-refractivity contribution in [2.45, 2.75) is 12.5 Å². The molecule has 0 saturated heterocycles. The molecule has 5 nitrogen and oxygen atoms in total. The number of benzene rings is 2. The molecule has 7 heteroatoms. The van der Waals surface area contributed by atoms with Gasteiger partial charge in [0, 0.05) is 9.50 Å². The first-order valence-electron chi connectivity index (χ1n) is 7.41. The Bertz CT molecular complexity index is 764. The Morgan fingerprint density at radius 2 is 1.84 bits per heavy atom. The summed E-state index contributed by atoms with van der Waals surface area (Å²) in [4.78, 5) is 24.4. The third-order valence-corrected chi connectivity index (χ3v) is 4.54. The van der Waals surface area contributed by atoms with E-state index in [0.717, 1.165) is 5.56 Å². The molecule has 2 rings (SSSR count). The second-order valence-electron chi connectivity index (χ2n) is 5.20. The number of methoxy groups -OCH3 is 2. The first-order valence-corrected chi connectivity index (χ1v) is 8.58. The van der Waals surface area contributed by atoms with Gasteiger partial charge < -0.3 is 14.8 Å². The number of carbonyl (C=O) groups is 2. The highest BCUT2D eigenvalue weighted by Crippen LogP contribution is 2.25. The van der Waals surface area contributed by atoms with Gasteiger partial charge in [-0.3, -0.25) is 9.59 Å². The number of hydrogen-bond acceptors (Lipinski definition) is 4. The van der Waals surface area contributed by atoms with Crippen LogP contribution < -0.4 is 10.1 Å². The SMILES string of the molecule is COC(=O)CC(NC(=O)c1cc(OC)ccc1Br)c1ccc(Cl)cc1. The summed E-state index contributed by atoms with van der Waals surface area (Å²) in [6.45, 7) is 0. The molecule has 0 radical (unpaired) electrons. The molecule has 0 saturated carbocycles. The van der Waals surface area contributed by atoms with Crippen LogP contribution in [0.2, 0.25) is 5.02 Å². The van der Waals surface area contributed by atoms with Crippen LogP contribution in [0.3, 0.4) is 0 Å². The lowest BCUT2D eigenvalue weighted by Crippen LogP contribution is -2.30. The molecule has 1 atom stereocenters. The van der Waals surface area contributed by atoms with E-state index in [1.807, 2.05) is 0 Å². The predicted molar refractivity (Wildman–Crippen MR) is 99.0 cm³/mol. The van der Waals surface area contributed by atoms with Gasteiger partial charge in [-0.05, 0) is 51.8 Å². The summed E-state index contributed by atoms with van der Waals surface area (Å²) in [5.41, 5.74) is 1.16. The lowest BCUT2D eigenvalue weighted by Gasteiger charge is -2.19. The number of amides is 1. The Labute approximate surface area is 159 Å². The van der Waals surface area contributed by atoms with Crippen molar-refractivity contribution in [2.24, 2.45) is 0 Å². The molecule has 132 valence electrons. The Morgan fingerprint density at radius 3 is 2.44 bits per heavy atom. The molecule has 1 unspecified atom stereocenters. The fraction of sp³-hybridized carbons (Fsp3) is 0.222. The van der Waals surface area contributed by atoms with Gasteiger partial charge in [0.2, 0.25) is 0 Å². The number of carbonyl (C=O) groups excluding carboxylic acids is 2. The Hall–Kier alpha value is -2.05. The molecule has 0 aromatic heterocycles. The van der Waals surface area contributed by atoms with Crippen molar-refractivity contribution < 1.29 is 19.1 Å². The lowest BCUT2D eigenvalue weighted by molar-refractivity contribution is -0.141. The van der Waals surface area contributed by atoms with Gasteiger partial charge >= 0.3 is 5.97 Å². The van der Waals surface area contributed by atoms with E-state index in [2.05, 4.69) is 21.2 Å². The normalized spacial score (nSPS) is 11.5. The topological polar surface area (TPSA) is 64.6 Å². The Morgan fingerprint density at radius 1 is 1.16 bits per heavy atom. The molecule has 0 aliphatic rings. The minimum atomic E-state index is -0.546. The van der Waals surface area contributed by atoms with E-state index in [0.29, 0.717) is 20.8 Å². The van der Waals surface area contributed by atoms with Crippen molar-refractivity contribution in [3.05, 3.63) is 63.1 Å². The van der Waals surface area contributed by atoms with Crippen LogP contribution in [0.25, 0.3) is 0 Å². The highest BCUT2D eigenvalue weighted by Gasteiger charge is 2.21. The summed E-state index contributed by atoms with van der Waals surface area (Å²) in [7, 11) is 2.83. The van der Waals surface area contributed by atoms with Gasteiger partial charge in [0.25, 0.3) is 5.91 Å². The fourth-order valence-electron chi connectivity index (χ4n) is 2.24. The van der Waals surface area contributed by atoms with Crippen LogP contribution >= 0.6 is 27.5 Å². The number of hydrogen-bond donors (Lipinski definition) is 1. The van der Waals surface area contributed by atoms with Crippen molar-refractivity contribution in [2.75, 3.05) is 14.2 Å². The molecular formula is C18H17BrClNO4. The van der Waals surface area contributed by atoms with Crippen molar-refractivity contribution in [3.8, 4) is 5.75 Å². The molecule has 0 heterocycles. The van der Waals surface area contributed by atoms with E-state index in [1.54, 1.807) is 42.5 Å². The summed E-state index contributed by atoms with van der Waals surface area (Å²) in [6, 6.07) is 11.5. The van der Waals surface area contributed by atoms with Crippen LogP contribution in [0.4, 0.5) is 0 Å². The average Bonchev–Trinajstić information content (AvgIpc) is 2.62. The largest absolute Gasteiger partial charge is 0.497 e. The van der Waals surface area contributed by atoms with Gasteiger partial charge in [-0.1, -0.05) is 23.7 Å². The van der Waals surface area contributed by atoms with Crippen LogP contribution in [0, 0.1) is 0 Å². The zero-order valence-electron chi connectivity index (χ0n) is 13.7. The maximum Gasteiger partial charge on any atom is 0.307 e. The van der Waals surface area contributed by atoms with Crippen molar-refractivity contribution in [3.63, 3.8) is 0 Å². The third-order valence-electron chi connectivity index (χ3n) is 3.59. The fourth-order valence-corrected chi connectivity index (χ4v) is 2.79. The third kappa shape index (κ3) is 5.21. The molecule has 2 aromatic carbocycles. The van der Waals surface area contributed by atoms with Gasteiger partial charge in [0.05, 0.1) is 32.2 Å². The molecule has 1 amide bonds. The highest BCUT2D eigenvalue weighted by molar-refractivity contribution is 9.10. The van der Waals surface area contributed by atoms with E-state index in [1.165, 1.54) is 14.2 Å². The molecular weight excluding hydrogens is 410 g/mol. The molecule has 0 spiro atoms. The van der Waals surface area contributed by atoms with E-state index >= 15 is 0 Å². The van der Waals surface area contributed by atoms with E-state index in [4.69, 9.17) is 21.1 Å². The number of esters is 1. The molecule has 2 aromatic rings. The number of halogens is 2. The molecule has 25 heavy (non-hydrogen) atoms. The highest BCUT2D eigenvalue weighted by atomic mass is 79.9. The molecule has 0 aliphatic carbocycles. The first kappa shape index (κ1) is 19.3. The second-order valence-corrected chi connectivity index (χ2v) is 6.49. The number of rotatable bonds is 6. The maximum atomic E-state index is 12.7. The summed E-state index contributed by atoms with van der Waals surface area (Å²) >= 11 is 9.26. The standard InChI is InChI=1S/C18H17BrClNO4/c1-24-13-7-8-15(19)14(9-13)18(23)21-16(10-17(22)25-2)11-3-5-12(20)6-4-11/h3-9,16H,10H2,1-2H3,(H,21,23). The lowest BCUT2D eigenvalue weighted by atomic mass is 10.0. The van der Waals surface area contributed by atoms with Crippen LogP contribution in [-0.2, 0) is 9.53 Å². The van der Waals surface area contributed by atoms with E-state index in [-0.39, 0.29) is 12.3 Å². The summed E-state index contributed by atoms with van der Waals surface area (Å²) in [6.07, 6.45) is 0.00542. The van der Waals surface area contributed by atoms with Gasteiger partial charge in [-0.25, -0.2) is 0 Å². The number of ether oxygens (including phenoxy) is 2.